The molecule has 1 rings (SSSR count). The van der Waals surface area contributed by atoms with E-state index in [1.54, 1.807) is 4.90 Å². The third kappa shape index (κ3) is 5.49. The number of rotatable bonds is 5. The lowest BCUT2D eigenvalue weighted by molar-refractivity contribution is 0.610. The number of hydrogen-bond donors (Lipinski definition) is 1. The lowest BCUT2D eigenvalue weighted by atomic mass is 10.2. The Kier molecular flexibility index (Phi) is 5.69. The summed E-state index contributed by atoms with van der Waals surface area (Å²) in [4.78, 5) is 5.87. The molecule has 1 aromatic carbocycles. The van der Waals surface area contributed by atoms with E-state index in [0.717, 1.165) is 5.56 Å². The van der Waals surface area contributed by atoms with Crippen molar-refractivity contribution in [3.63, 3.8) is 0 Å². The van der Waals surface area contributed by atoms with E-state index in [1.807, 2.05) is 44.4 Å². The van der Waals surface area contributed by atoms with Crippen LogP contribution >= 0.6 is 0 Å². The topological polar surface area (TPSA) is 58.7 Å². The van der Waals surface area contributed by atoms with Crippen LogP contribution in [-0.4, -0.2) is 41.5 Å². The maximum atomic E-state index is 11.8. The van der Waals surface area contributed by atoms with Crippen LogP contribution in [0.1, 0.15) is 5.56 Å². The largest absolute Gasteiger partial charge is 0.370 e. The normalized spacial score (nSPS) is 13.4. The molecule has 0 aliphatic carbocycles. The quantitative estimate of drug-likeness (QED) is 0.624. The first-order valence-electron chi connectivity index (χ1n) is 5.45. The van der Waals surface area contributed by atoms with Crippen molar-refractivity contribution >= 4 is 16.8 Å². The molecule has 0 aliphatic rings. The molecular formula is C12H19N3OS. The molecule has 5 heteroatoms. The van der Waals surface area contributed by atoms with Crippen LogP contribution in [0.3, 0.4) is 0 Å². The second-order valence-electron chi connectivity index (χ2n) is 3.91. The Bertz CT molecular complexity index is 390. The van der Waals surface area contributed by atoms with Crippen LogP contribution in [-0.2, 0) is 16.6 Å². The average molecular weight is 253 g/mol. The van der Waals surface area contributed by atoms with E-state index < -0.39 is 10.8 Å². The summed E-state index contributed by atoms with van der Waals surface area (Å²) in [6.45, 7) is 0.503. The van der Waals surface area contributed by atoms with Crippen LogP contribution in [0.2, 0.25) is 0 Å². The predicted octanol–water partition coefficient (Wildman–Crippen LogP) is 0.812. The van der Waals surface area contributed by atoms with Gasteiger partial charge in [-0.2, -0.15) is 0 Å². The van der Waals surface area contributed by atoms with Crippen molar-refractivity contribution in [2.75, 3.05) is 26.4 Å². The fraction of sp³-hybridized carbons (Fsp3) is 0.417. The molecule has 0 radical (unpaired) electrons. The van der Waals surface area contributed by atoms with Crippen molar-refractivity contribution in [2.45, 2.75) is 5.75 Å². The van der Waals surface area contributed by atoms with Gasteiger partial charge in [0.1, 0.15) is 0 Å². The molecule has 2 N–H and O–H groups in total. The summed E-state index contributed by atoms with van der Waals surface area (Å²) < 4.78 is 11.8. The Morgan fingerprint density at radius 1 is 1.35 bits per heavy atom. The van der Waals surface area contributed by atoms with Crippen molar-refractivity contribution in [3.8, 4) is 0 Å². The molecule has 1 atom stereocenters. The third-order valence-electron chi connectivity index (χ3n) is 2.22. The molecule has 1 unspecified atom stereocenters. The Morgan fingerprint density at radius 2 is 2.00 bits per heavy atom. The summed E-state index contributed by atoms with van der Waals surface area (Å²) in [5.74, 6) is 1.60. The van der Waals surface area contributed by atoms with E-state index in [4.69, 9.17) is 5.73 Å². The van der Waals surface area contributed by atoms with Gasteiger partial charge in [-0.1, -0.05) is 30.3 Å². The summed E-state index contributed by atoms with van der Waals surface area (Å²) in [6, 6.07) is 9.82. The fourth-order valence-electron chi connectivity index (χ4n) is 1.24. The lowest BCUT2D eigenvalue weighted by Gasteiger charge is -2.10. The van der Waals surface area contributed by atoms with Gasteiger partial charge >= 0.3 is 0 Å². The van der Waals surface area contributed by atoms with Crippen molar-refractivity contribution in [1.82, 2.24) is 4.90 Å². The van der Waals surface area contributed by atoms with Gasteiger partial charge in [0.25, 0.3) is 0 Å². The molecule has 0 aliphatic heterocycles. The molecule has 94 valence electrons. The minimum absolute atomic E-state index is 0.474. The first kappa shape index (κ1) is 13.7. The zero-order valence-electron chi connectivity index (χ0n) is 10.3. The Hall–Kier alpha value is -1.36. The van der Waals surface area contributed by atoms with Gasteiger partial charge in [0.2, 0.25) is 0 Å². The first-order valence-corrected chi connectivity index (χ1v) is 6.94. The number of nitrogens with zero attached hydrogens (tertiary/aromatic N) is 2. The van der Waals surface area contributed by atoms with E-state index in [2.05, 4.69) is 4.99 Å². The van der Waals surface area contributed by atoms with Gasteiger partial charge in [-0.25, -0.2) is 0 Å². The summed E-state index contributed by atoms with van der Waals surface area (Å²) in [6.07, 6.45) is 0. The van der Waals surface area contributed by atoms with Crippen molar-refractivity contribution in [2.24, 2.45) is 10.7 Å². The first-order chi connectivity index (χ1) is 8.09. The number of nitrogens with two attached hydrogens (primary N) is 1. The highest BCUT2D eigenvalue weighted by Gasteiger charge is 2.01. The number of hydrogen-bond acceptors (Lipinski definition) is 2. The Morgan fingerprint density at radius 3 is 2.59 bits per heavy atom. The zero-order valence-corrected chi connectivity index (χ0v) is 11.1. The maximum absolute atomic E-state index is 11.8. The van der Waals surface area contributed by atoms with Crippen molar-refractivity contribution in [1.29, 1.82) is 0 Å². The molecule has 0 saturated heterocycles. The van der Waals surface area contributed by atoms with Crippen LogP contribution in [0.4, 0.5) is 0 Å². The van der Waals surface area contributed by atoms with E-state index in [0.29, 0.717) is 24.0 Å². The van der Waals surface area contributed by atoms with E-state index >= 15 is 0 Å². The minimum atomic E-state index is -0.882. The average Bonchev–Trinajstić information content (AvgIpc) is 2.30. The monoisotopic (exact) mass is 253 g/mol. The van der Waals surface area contributed by atoms with Crippen LogP contribution < -0.4 is 5.73 Å². The van der Waals surface area contributed by atoms with Gasteiger partial charge in [0.15, 0.2) is 5.96 Å². The molecule has 0 fully saturated rings. The minimum Gasteiger partial charge on any atom is -0.370 e. The summed E-state index contributed by atoms with van der Waals surface area (Å²) in [7, 11) is 2.78. The standard InChI is InChI=1S/C12H19N3OS/c1-15(2)12(13)14-8-9-17(16)10-11-6-4-3-5-7-11/h3-7H,8-10H2,1-2H3,(H2,13,14). The van der Waals surface area contributed by atoms with Crippen molar-refractivity contribution in [3.05, 3.63) is 35.9 Å². The second-order valence-corrected chi connectivity index (χ2v) is 5.48. The van der Waals surface area contributed by atoms with E-state index in [1.165, 1.54) is 0 Å². The molecule has 1 aromatic rings. The molecular weight excluding hydrogens is 234 g/mol. The molecule has 17 heavy (non-hydrogen) atoms. The molecule has 4 nitrogen and oxygen atoms in total. The summed E-state index contributed by atoms with van der Waals surface area (Å²) >= 11 is 0. The Labute approximate surface area is 105 Å². The second kappa shape index (κ2) is 7.06. The highest BCUT2D eigenvalue weighted by molar-refractivity contribution is 7.84. The van der Waals surface area contributed by atoms with Crippen LogP contribution in [0.15, 0.2) is 35.3 Å². The lowest BCUT2D eigenvalue weighted by Crippen LogP contribution is -2.30. The highest BCUT2D eigenvalue weighted by atomic mass is 32.2. The molecule has 0 spiro atoms. The van der Waals surface area contributed by atoms with Crippen molar-refractivity contribution < 1.29 is 4.21 Å². The summed E-state index contributed by atoms with van der Waals surface area (Å²) in [5.41, 5.74) is 6.73. The number of benzene rings is 1. The fourth-order valence-corrected chi connectivity index (χ4v) is 2.24. The SMILES string of the molecule is CN(C)C(N)=NCCS(=O)Cc1ccccc1. The van der Waals surface area contributed by atoms with Crippen LogP contribution in [0.5, 0.6) is 0 Å². The molecule has 0 heterocycles. The third-order valence-corrected chi connectivity index (χ3v) is 3.51. The molecule has 0 bridgehead atoms. The Balaban J connectivity index is 2.34. The van der Waals surface area contributed by atoms with Gasteiger partial charge in [-0.15, -0.1) is 0 Å². The van der Waals surface area contributed by atoms with E-state index in [9.17, 15) is 4.21 Å². The number of aliphatic imine (C=N–C) groups is 1. The van der Waals surface area contributed by atoms with Gasteiger partial charge in [-0.3, -0.25) is 9.20 Å². The molecule has 0 saturated carbocycles. The summed E-state index contributed by atoms with van der Waals surface area (Å²) in [5, 5.41) is 0. The maximum Gasteiger partial charge on any atom is 0.190 e. The van der Waals surface area contributed by atoms with Gasteiger partial charge in [0.05, 0.1) is 6.54 Å². The van der Waals surface area contributed by atoms with Gasteiger partial charge in [0, 0.05) is 36.4 Å². The predicted molar refractivity (Wildman–Crippen MR) is 73.3 cm³/mol. The van der Waals surface area contributed by atoms with Gasteiger partial charge in [-0.05, 0) is 5.56 Å². The van der Waals surface area contributed by atoms with Crippen LogP contribution in [0, 0.1) is 0 Å². The zero-order chi connectivity index (χ0) is 12.7. The van der Waals surface area contributed by atoms with E-state index in [-0.39, 0.29) is 0 Å². The highest BCUT2D eigenvalue weighted by Crippen LogP contribution is 2.02. The molecule has 0 aromatic heterocycles. The molecule has 0 amide bonds. The van der Waals surface area contributed by atoms with Crippen LogP contribution in [0.25, 0.3) is 0 Å². The number of guanidine groups is 1. The van der Waals surface area contributed by atoms with Gasteiger partial charge < -0.3 is 10.6 Å². The smallest absolute Gasteiger partial charge is 0.190 e.